The minimum Gasteiger partial charge on any atom is -0.465 e. The van der Waals surface area contributed by atoms with Gasteiger partial charge in [0.1, 0.15) is 10.6 Å². The van der Waals surface area contributed by atoms with Gasteiger partial charge in [-0.3, -0.25) is 0 Å². The number of nitrogen functional groups attached to an aromatic ring is 1. The Morgan fingerprint density at radius 1 is 1.58 bits per heavy atom. The van der Waals surface area contributed by atoms with Crippen molar-refractivity contribution >= 4 is 28.3 Å². The summed E-state index contributed by atoms with van der Waals surface area (Å²) in [6.45, 7) is 4.56. The Bertz CT molecular complexity index is 470. The van der Waals surface area contributed by atoms with Gasteiger partial charge < -0.3 is 15.8 Å². The first-order chi connectivity index (χ1) is 8.93. The van der Waals surface area contributed by atoms with Gasteiger partial charge in [-0.05, 0) is 36.2 Å². The fraction of sp³-hybridized carbons (Fsp3) is 0.692. The Morgan fingerprint density at radius 3 is 2.95 bits per heavy atom. The van der Waals surface area contributed by atoms with E-state index in [0.29, 0.717) is 17.0 Å². The Hall–Kier alpha value is -1.30. The topological polar surface area (TPSA) is 77.2 Å². The van der Waals surface area contributed by atoms with Crippen LogP contribution in [0.3, 0.4) is 0 Å². The number of nitrogens with one attached hydrogen (secondary N) is 1. The number of anilines is 2. The largest absolute Gasteiger partial charge is 0.465 e. The molecular formula is C13H21N3O2S. The molecule has 19 heavy (non-hydrogen) atoms. The van der Waals surface area contributed by atoms with E-state index in [9.17, 15) is 4.79 Å². The maximum atomic E-state index is 11.7. The normalized spacial score (nSPS) is 21.9. The summed E-state index contributed by atoms with van der Waals surface area (Å²) in [6.07, 6.45) is 4.65. The molecular weight excluding hydrogens is 262 g/mol. The summed E-state index contributed by atoms with van der Waals surface area (Å²) in [5.74, 6) is -0.182. The number of nitrogens with zero attached hydrogens (tertiary/aromatic N) is 1. The molecule has 1 fully saturated rings. The highest BCUT2D eigenvalue weighted by Crippen LogP contribution is 2.38. The predicted molar refractivity (Wildman–Crippen MR) is 77.5 cm³/mol. The smallest absolute Gasteiger partial charge is 0.344 e. The zero-order chi connectivity index (χ0) is 14.0. The van der Waals surface area contributed by atoms with E-state index in [1.54, 1.807) is 0 Å². The molecule has 0 aliphatic heterocycles. The molecule has 0 amide bonds. The third-order valence-corrected chi connectivity index (χ3v) is 4.44. The average Bonchev–Trinajstić information content (AvgIpc) is 2.68. The van der Waals surface area contributed by atoms with E-state index in [2.05, 4.69) is 23.5 Å². The second kappa shape index (κ2) is 5.36. The number of hydrogen-bond donors (Lipinski definition) is 2. The molecule has 0 radical (unpaired) electrons. The second-order valence-electron chi connectivity index (χ2n) is 5.87. The SMILES string of the molecule is COC(=O)c1c(N)nsc1NC1CCCC(C)(C)C1. The summed E-state index contributed by atoms with van der Waals surface area (Å²) in [5.41, 5.74) is 6.45. The van der Waals surface area contributed by atoms with Crippen molar-refractivity contribution in [3.05, 3.63) is 5.56 Å². The summed E-state index contributed by atoms with van der Waals surface area (Å²) >= 11 is 1.23. The lowest BCUT2D eigenvalue weighted by Gasteiger charge is -2.35. The van der Waals surface area contributed by atoms with Crippen molar-refractivity contribution < 1.29 is 9.53 Å². The summed E-state index contributed by atoms with van der Waals surface area (Å²) in [7, 11) is 1.35. The van der Waals surface area contributed by atoms with Crippen molar-refractivity contribution in [3.63, 3.8) is 0 Å². The van der Waals surface area contributed by atoms with E-state index >= 15 is 0 Å². The number of esters is 1. The van der Waals surface area contributed by atoms with Crippen LogP contribution >= 0.6 is 11.5 Å². The maximum Gasteiger partial charge on any atom is 0.344 e. The third kappa shape index (κ3) is 3.18. The monoisotopic (exact) mass is 283 g/mol. The number of ether oxygens (including phenoxy) is 1. The first kappa shape index (κ1) is 14.1. The molecule has 106 valence electrons. The van der Waals surface area contributed by atoms with Crippen LogP contribution in [0, 0.1) is 5.41 Å². The standard InChI is InChI=1S/C13H21N3O2S/c1-13(2)6-4-5-8(7-13)15-11-9(12(17)18-3)10(14)16-19-11/h8,15H,4-7H2,1-3H3,(H2,14,16). The molecule has 1 atom stereocenters. The van der Waals surface area contributed by atoms with Gasteiger partial charge in [-0.1, -0.05) is 20.3 Å². The van der Waals surface area contributed by atoms with Crippen molar-refractivity contribution in [2.75, 3.05) is 18.2 Å². The molecule has 1 aromatic rings. The fourth-order valence-electron chi connectivity index (χ4n) is 2.71. The number of hydrogen-bond acceptors (Lipinski definition) is 6. The molecule has 0 bridgehead atoms. The van der Waals surface area contributed by atoms with E-state index < -0.39 is 5.97 Å². The van der Waals surface area contributed by atoms with Crippen LogP contribution in [-0.2, 0) is 4.74 Å². The van der Waals surface area contributed by atoms with Crippen molar-refractivity contribution in [2.45, 2.75) is 45.6 Å². The van der Waals surface area contributed by atoms with Gasteiger partial charge >= 0.3 is 5.97 Å². The molecule has 1 aromatic heterocycles. The Morgan fingerprint density at radius 2 is 2.32 bits per heavy atom. The van der Waals surface area contributed by atoms with Crippen LogP contribution in [0.5, 0.6) is 0 Å². The lowest BCUT2D eigenvalue weighted by Crippen LogP contribution is -2.31. The Labute approximate surface area is 117 Å². The first-order valence-corrected chi connectivity index (χ1v) is 7.30. The van der Waals surface area contributed by atoms with Gasteiger partial charge in [-0.15, -0.1) is 0 Å². The first-order valence-electron chi connectivity index (χ1n) is 6.53. The molecule has 0 aromatic carbocycles. The van der Waals surface area contributed by atoms with Crippen LogP contribution in [-0.4, -0.2) is 23.5 Å². The van der Waals surface area contributed by atoms with Gasteiger partial charge in [0.25, 0.3) is 0 Å². The Kier molecular flexibility index (Phi) is 3.99. The third-order valence-electron chi connectivity index (χ3n) is 3.65. The van der Waals surface area contributed by atoms with Gasteiger partial charge in [0.15, 0.2) is 5.82 Å². The number of rotatable bonds is 3. The molecule has 6 heteroatoms. The van der Waals surface area contributed by atoms with E-state index in [-0.39, 0.29) is 5.82 Å². The minimum atomic E-state index is -0.427. The maximum absolute atomic E-state index is 11.7. The number of carbonyl (C=O) groups is 1. The molecule has 1 saturated carbocycles. The van der Waals surface area contributed by atoms with Crippen LogP contribution in [0.1, 0.15) is 49.9 Å². The molecule has 5 nitrogen and oxygen atoms in total. The molecule has 0 saturated heterocycles. The molecule has 1 aliphatic carbocycles. The number of aromatic nitrogens is 1. The van der Waals surface area contributed by atoms with Crippen molar-refractivity contribution in [2.24, 2.45) is 5.41 Å². The highest BCUT2D eigenvalue weighted by atomic mass is 32.1. The highest BCUT2D eigenvalue weighted by molar-refractivity contribution is 7.11. The van der Waals surface area contributed by atoms with E-state index in [1.165, 1.54) is 31.5 Å². The van der Waals surface area contributed by atoms with Crippen LogP contribution in [0.4, 0.5) is 10.8 Å². The van der Waals surface area contributed by atoms with Crippen LogP contribution in [0.2, 0.25) is 0 Å². The minimum absolute atomic E-state index is 0.245. The summed E-state index contributed by atoms with van der Waals surface area (Å²) < 4.78 is 8.80. The summed E-state index contributed by atoms with van der Waals surface area (Å²) in [4.78, 5) is 11.7. The molecule has 0 spiro atoms. The van der Waals surface area contributed by atoms with Crippen LogP contribution in [0.25, 0.3) is 0 Å². The van der Waals surface area contributed by atoms with E-state index in [4.69, 9.17) is 10.5 Å². The summed E-state index contributed by atoms with van der Waals surface area (Å²) in [5, 5.41) is 4.15. The average molecular weight is 283 g/mol. The number of methoxy groups -OCH3 is 1. The van der Waals surface area contributed by atoms with Crippen LogP contribution in [0.15, 0.2) is 0 Å². The Balaban J connectivity index is 2.13. The van der Waals surface area contributed by atoms with E-state index in [0.717, 1.165) is 17.8 Å². The highest BCUT2D eigenvalue weighted by Gasteiger charge is 2.29. The van der Waals surface area contributed by atoms with Crippen molar-refractivity contribution in [1.29, 1.82) is 0 Å². The lowest BCUT2D eigenvalue weighted by atomic mass is 9.75. The molecule has 1 unspecified atom stereocenters. The van der Waals surface area contributed by atoms with Gasteiger partial charge in [0.2, 0.25) is 0 Å². The van der Waals surface area contributed by atoms with Gasteiger partial charge in [-0.25, -0.2) is 4.79 Å². The van der Waals surface area contributed by atoms with Gasteiger partial charge in [0, 0.05) is 6.04 Å². The van der Waals surface area contributed by atoms with Crippen LogP contribution < -0.4 is 11.1 Å². The second-order valence-corrected chi connectivity index (χ2v) is 6.64. The van der Waals surface area contributed by atoms with E-state index in [1.807, 2.05) is 0 Å². The van der Waals surface area contributed by atoms with Gasteiger partial charge in [-0.2, -0.15) is 4.37 Å². The molecule has 1 aliphatic rings. The van der Waals surface area contributed by atoms with Crippen molar-refractivity contribution in [1.82, 2.24) is 4.37 Å². The molecule has 2 rings (SSSR count). The number of carbonyl (C=O) groups excluding carboxylic acids is 1. The van der Waals surface area contributed by atoms with Gasteiger partial charge in [0.05, 0.1) is 7.11 Å². The predicted octanol–water partition coefficient (Wildman–Crippen LogP) is 2.89. The summed E-state index contributed by atoms with van der Waals surface area (Å²) in [6, 6.07) is 0.368. The van der Waals surface area contributed by atoms with Crippen molar-refractivity contribution in [3.8, 4) is 0 Å². The fourth-order valence-corrected chi connectivity index (χ4v) is 3.49. The lowest BCUT2D eigenvalue weighted by molar-refractivity contribution is 0.0603. The number of nitrogens with two attached hydrogens (primary N) is 1. The quantitative estimate of drug-likeness (QED) is 0.834. The molecule has 3 N–H and O–H groups in total. The zero-order valence-electron chi connectivity index (χ0n) is 11.7. The molecule has 1 heterocycles. The zero-order valence-corrected chi connectivity index (χ0v) is 12.5.